The van der Waals surface area contributed by atoms with E-state index in [1.807, 2.05) is 22.7 Å². The molecule has 2 heteroatoms. The molecule has 26 heavy (non-hydrogen) atoms. The quantitative estimate of drug-likeness (QED) is 0.275. The van der Waals surface area contributed by atoms with Crippen LogP contribution in [0.15, 0.2) is 66.7 Å². The van der Waals surface area contributed by atoms with E-state index < -0.39 is 0 Å². The van der Waals surface area contributed by atoms with Crippen LogP contribution >= 0.6 is 22.7 Å². The van der Waals surface area contributed by atoms with Crippen molar-refractivity contribution in [1.29, 1.82) is 0 Å². The smallest absolute Gasteiger partial charge is 0.0393 e. The molecule has 6 aromatic rings. The van der Waals surface area contributed by atoms with Gasteiger partial charge in [0.2, 0.25) is 0 Å². The molecule has 0 saturated heterocycles. The van der Waals surface area contributed by atoms with Crippen LogP contribution in [0.3, 0.4) is 0 Å². The highest BCUT2D eigenvalue weighted by molar-refractivity contribution is 7.27. The predicted molar refractivity (Wildman–Crippen MR) is 119 cm³/mol. The number of rotatable bonds is 1. The summed E-state index contributed by atoms with van der Waals surface area (Å²) in [6.45, 7) is 2.27. The Labute approximate surface area is 159 Å². The number of hydrogen-bond donors (Lipinski definition) is 0. The second-order valence-electron chi connectivity index (χ2n) is 6.83. The van der Waals surface area contributed by atoms with Gasteiger partial charge in [-0.3, -0.25) is 0 Å². The summed E-state index contributed by atoms with van der Waals surface area (Å²) in [5.74, 6) is 0. The highest BCUT2D eigenvalue weighted by atomic mass is 32.1. The first kappa shape index (κ1) is 14.7. The summed E-state index contributed by atoms with van der Waals surface area (Å²) in [5.41, 5.74) is 1.47. The van der Waals surface area contributed by atoms with Gasteiger partial charge in [-0.1, -0.05) is 49.4 Å². The minimum absolute atomic E-state index is 1.07. The fourth-order valence-corrected chi connectivity index (χ4v) is 6.67. The third-order valence-corrected chi connectivity index (χ3v) is 7.81. The van der Waals surface area contributed by atoms with Gasteiger partial charge in [0, 0.05) is 45.7 Å². The van der Waals surface area contributed by atoms with Gasteiger partial charge in [0.25, 0.3) is 0 Å². The summed E-state index contributed by atoms with van der Waals surface area (Å²) >= 11 is 3.85. The third kappa shape index (κ3) is 1.83. The average molecular weight is 369 g/mol. The largest absolute Gasteiger partial charge is 0.135 e. The molecule has 0 N–H and O–H groups in total. The fraction of sp³-hybridized carbons (Fsp3) is 0.0833. The van der Waals surface area contributed by atoms with Gasteiger partial charge in [0.15, 0.2) is 0 Å². The maximum absolute atomic E-state index is 2.42. The lowest BCUT2D eigenvalue weighted by atomic mass is 9.96. The molecule has 0 saturated carbocycles. The molecule has 0 bridgehead atoms. The van der Waals surface area contributed by atoms with Gasteiger partial charge < -0.3 is 0 Å². The van der Waals surface area contributed by atoms with Crippen LogP contribution in [-0.4, -0.2) is 0 Å². The molecule has 0 radical (unpaired) electrons. The summed E-state index contributed by atoms with van der Waals surface area (Å²) in [6.07, 6.45) is 1.07. The Bertz CT molecular complexity index is 1460. The maximum atomic E-state index is 2.42. The van der Waals surface area contributed by atoms with Crippen molar-refractivity contribution in [3.63, 3.8) is 0 Å². The second-order valence-corrected chi connectivity index (χ2v) is 8.96. The molecule has 0 fully saturated rings. The molecule has 0 aliphatic carbocycles. The topological polar surface area (TPSA) is 0 Å². The van der Waals surface area contributed by atoms with Crippen molar-refractivity contribution in [2.24, 2.45) is 0 Å². The molecule has 0 amide bonds. The molecule has 0 unspecified atom stereocenters. The van der Waals surface area contributed by atoms with Gasteiger partial charge in [-0.05, 0) is 41.6 Å². The van der Waals surface area contributed by atoms with Crippen LogP contribution < -0.4 is 0 Å². The number of thiophene rings is 2. The molecule has 0 spiro atoms. The van der Waals surface area contributed by atoms with Gasteiger partial charge in [0.05, 0.1) is 0 Å². The van der Waals surface area contributed by atoms with Gasteiger partial charge >= 0.3 is 0 Å². The zero-order chi connectivity index (χ0) is 17.3. The minimum Gasteiger partial charge on any atom is -0.135 e. The number of aryl methyl sites for hydroxylation is 1. The van der Waals surface area contributed by atoms with Crippen LogP contribution in [0.5, 0.6) is 0 Å². The molecule has 0 aliphatic heterocycles. The van der Waals surface area contributed by atoms with Crippen LogP contribution in [-0.2, 0) is 6.42 Å². The highest BCUT2D eigenvalue weighted by Crippen LogP contribution is 2.46. The van der Waals surface area contributed by atoms with Crippen molar-refractivity contribution in [1.82, 2.24) is 0 Å². The Kier molecular flexibility index (Phi) is 3.00. The zero-order valence-corrected chi connectivity index (χ0v) is 16.0. The van der Waals surface area contributed by atoms with E-state index in [9.17, 15) is 0 Å². The van der Waals surface area contributed by atoms with E-state index in [-0.39, 0.29) is 0 Å². The van der Waals surface area contributed by atoms with E-state index in [4.69, 9.17) is 0 Å². The van der Waals surface area contributed by atoms with Crippen LogP contribution in [0.4, 0.5) is 0 Å². The van der Waals surface area contributed by atoms with Crippen molar-refractivity contribution in [3.8, 4) is 0 Å². The third-order valence-electron chi connectivity index (χ3n) is 5.42. The maximum Gasteiger partial charge on any atom is 0.0393 e. The van der Waals surface area contributed by atoms with Crippen molar-refractivity contribution in [3.05, 3.63) is 72.3 Å². The molecule has 0 nitrogen and oxygen atoms in total. The fourth-order valence-electron chi connectivity index (χ4n) is 4.26. The van der Waals surface area contributed by atoms with Gasteiger partial charge in [-0.15, -0.1) is 22.7 Å². The SMILES string of the molecule is CCc1cc2ccc3sc4ccccc4c3c2c2c1sc1ccccc12. The molecular formula is C24H16S2. The Morgan fingerprint density at radius 3 is 2.12 bits per heavy atom. The second kappa shape index (κ2) is 5.29. The van der Waals surface area contributed by atoms with Gasteiger partial charge in [-0.2, -0.15) is 0 Å². The van der Waals surface area contributed by atoms with E-state index in [1.54, 1.807) is 0 Å². The molecular weight excluding hydrogens is 352 g/mol. The monoisotopic (exact) mass is 368 g/mol. The normalized spacial score (nSPS) is 12.2. The van der Waals surface area contributed by atoms with E-state index in [0.717, 1.165) is 6.42 Å². The lowest BCUT2D eigenvalue weighted by molar-refractivity contribution is 1.17. The lowest BCUT2D eigenvalue weighted by Gasteiger charge is -2.08. The molecule has 4 aromatic carbocycles. The van der Waals surface area contributed by atoms with Crippen LogP contribution in [0.2, 0.25) is 0 Å². The van der Waals surface area contributed by atoms with E-state index >= 15 is 0 Å². The summed E-state index contributed by atoms with van der Waals surface area (Å²) in [7, 11) is 0. The number of hydrogen-bond acceptors (Lipinski definition) is 2. The highest BCUT2D eigenvalue weighted by Gasteiger charge is 2.16. The standard InChI is InChI=1S/C24H16S2/c1-2-14-13-15-11-12-20-22(16-7-3-5-9-18(16)25-20)21(15)23-17-8-4-6-10-19(17)26-24(14)23/h3-13H,2H2,1H3. The minimum atomic E-state index is 1.07. The van der Waals surface area contributed by atoms with Crippen molar-refractivity contribution in [2.45, 2.75) is 13.3 Å². The van der Waals surface area contributed by atoms with Crippen molar-refractivity contribution in [2.75, 3.05) is 0 Å². The Balaban J connectivity index is 2.01. The molecule has 2 aromatic heterocycles. The molecule has 0 aliphatic rings. The Morgan fingerprint density at radius 1 is 0.654 bits per heavy atom. The van der Waals surface area contributed by atoms with E-state index in [2.05, 4.69) is 73.7 Å². The van der Waals surface area contributed by atoms with Crippen molar-refractivity contribution < 1.29 is 0 Å². The first-order valence-corrected chi connectivity index (χ1v) is 10.7. The summed E-state index contributed by atoms with van der Waals surface area (Å²) in [6, 6.07) is 24.8. The molecule has 124 valence electrons. The van der Waals surface area contributed by atoms with Crippen LogP contribution in [0.1, 0.15) is 12.5 Å². The first-order valence-electron chi connectivity index (χ1n) is 9.02. The zero-order valence-electron chi connectivity index (χ0n) is 14.4. The van der Waals surface area contributed by atoms with Crippen LogP contribution in [0.25, 0.3) is 51.1 Å². The number of benzene rings is 4. The summed E-state index contributed by atoms with van der Waals surface area (Å²) < 4.78 is 5.62. The van der Waals surface area contributed by atoms with Crippen molar-refractivity contribution >= 4 is 73.8 Å². The molecule has 6 rings (SSSR count). The van der Waals surface area contributed by atoms with Gasteiger partial charge in [0.1, 0.15) is 0 Å². The van der Waals surface area contributed by atoms with Crippen LogP contribution in [0, 0.1) is 0 Å². The molecule has 0 atom stereocenters. The Hall–Kier alpha value is -2.42. The first-order chi connectivity index (χ1) is 12.8. The summed E-state index contributed by atoms with van der Waals surface area (Å²) in [4.78, 5) is 0. The predicted octanol–water partition coefficient (Wildman–Crippen LogP) is 8.14. The lowest BCUT2D eigenvalue weighted by Crippen LogP contribution is -1.84. The van der Waals surface area contributed by atoms with Gasteiger partial charge in [-0.25, -0.2) is 0 Å². The number of fused-ring (bicyclic) bond motifs is 9. The average Bonchev–Trinajstić information content (AvgIpc) is 3.25. The summed E-state index contributed by atoms with van der Waals surface area (Å²) in [5, 5.41) is 8.47. The van der Waals surface area contributed by atoms with E-state index in [1.165, 1.54) is 56.7 Å². The Morgan fingerprint density at radius 2 is 1.35 bits per heavy atom. The van der Waals surface area contributed by atoms with E-state index in [0.29, 0.717) is 0 Å². The molecule has 2 heterocycles.